The highest BCUT2D eigenvalue weighted by Crippen LogP contribution is 2.08. The number of aryl methyl sites for hydroxylation is 1. The minimum Gasteiger partial charge on any atom is -0.475 e. The van der Waals surface area contributed by atoms with Gasteiger partial charge in [-0.25, -0.2) is 14.6 Å². The lowest BCUT2D eigenvalue weighted by Gasteiger charge is -2.19. The van der Waals surface area contributed by atoms with Crippen LogP contribution in [0.4, 0.5) is 10.6 Å². The molecule has 1 rings (SSSR count). The number of nitrogens with one attached hydrogen (secondary N) is 2. The van der Waals surface area contributed by atoms with Gasteiger partial charge >= 0.3 is 12.1 Å². The number of ether oxygens (including phenoxy) is 1. The highest BCUT2D eigenvalue weighted by Gasteiger charge is 2.16. The van der Waals surface area contributed by atoms with Gasteiger partial charge < -0.3 is 25.0 Å². The maximum absolute atomic E-state index is 11.7. The molecule has 0 aliphatic carbocycles. The summed E-state index contributed by atoms with van der Waals surface area (Å²) in [7, 11) is 1.51. The van der Waals surface area contributed by atoms with Crippen molar-refractivity contribution in [3.63, 3.8) is 0 Å². The molecule has 0 unspecified atom stereocenters. The summed E-state index contributed by atoms with van der Waals surface area (Å²) >= 11 is 0. The molecule has 0 aliphatic rings. The van der Waals surface area contributed by atoms with Crippen LogP contribution in [-0.4, -0.2) is 44.8 Å². The van der Waals surface area contributed by atoms with Crippen LogP contribution in [0.1, 0.15) is 37.8 Å². The lowest BCUT2D eigenvalue weighted by Crippen LogP contribution is -2.34. The highest BCUT2D eigenvalue weighted by molar-refractivity contribution is 5.91. The second-order valence-electron chi connectivity index (χ2n) is 5.59. The third-order valence-electron chi connectivity index (χ3n) is 2.36. The minimum atomic E-state index is -1.19. The number of nitrogens with zero attached hydrogens (tertiary/aromatic N) is 2. The number of carboxylic acid groups (broad SMARTS) is 1. The van der Waals surface area contributed by atoms with Crippen LogP contribution in [0.2, 0.25) is 0 Å². The van der Waals surface area contributed by atoms with Gasteiger partial charge in [0.05, 0.1) is 0 Å². The normalized spacial score (nSPS) is 10.9. The van der Waals surface area contributed by atoms with Crippen LogP contribution in [0.25, 0.3) is 0 Å². The fourth-order valence-corrected chi connectivity index (χ4v) is 1.52. The first-order chi connectivity index (χ1) is 10.1. The fraction of sp³-hybridized carbons (Fsp3) is 0.538. The van der Waals surface area contributed by atoms with Gasteiger partial charge in [0.2, 0.25) is 11.7 Å². The molecule has 122 valence electrons. The fourth-order valence-electron chi connectivity index (χ4n) is 1.52. The number of rotatable bonds is 5. The van der Waals surface area contributed by atoms with Gasteiger partial charge in [-0.3, -0.25) is 4.79 Å². The molecule has 1 aromatic heterocycles. The highest BCUT2D eigenvalue weighted by atomic mass is 16.6. The van der Waals surface area contributed by atoms with Crippen LogP contribution < -0.4 is 10.6 Å². The number of alkyl carbamates (subject to hydrolysis) is 1. The maximum Gasteiger partial charge on any atom is 0.407 e. The number of amides is 2. The lowest BCUT2D eigenvalue weighted by atomic mass is 10.2. The van der Waals surface area contributed by atoms with Crippen molar-refractivity contribution in [2.45, 2.75) is 32.8 Å². The molecule has 9 nitrogen and oxygen atoms in total. The molecule has 0 saturated carbocycles. The number of aromatic carboxylic acids is 1. The van der Waals surface area contributed by atoms with Crippen molar-refractivity contribution in [2.24, 2.45) is 7.05 Å². The van der Waals surface area contributed by atoms with E-state index in [2.05, 4.69) is 15.6 Å². The molecule has 0 fully saturated rings. The Morgan fingerprint density at radius 1 is 1.36 bits per heavy atom. The van der Waals surface area contributed by atoms with E-state index in [0.717, 1.165) is 0 Å². The van der Waals surface area contributed by atoms with Crippen molar-refractivity contribution in [3.8, 4) is 0 Å². The van der Waals surface area contributed by atoms with Crippen LogP contribution in [0, 0.1) is 0 Å². The number of carbonyl (C=O) groups excluding carboxylic acids is 2. The summed E-state index contributed by atoms with van der Waals surface area (Å²) in [6.45, 7) is 5.31. The molecule has 0 saturated heterocycles. The minimum absolute atomic E-state index is 0.0121. The van der Waals surface area contributed by atoms with Crippen molar-refractivity contribution in [3.05, 3.63) is 12.0 Å². The third kappa shape index (κ3) is 5.81. The zero-order chi connectivity index (χ0) is 16.9. The molecule has 1 heterocycles. The maximum atomic E-state index is 11.7. The SMILES string of the molecule is Cn1cc(NC(=O)CCNC(=O)OC(C)(C)C)nc1C(=O)O. The second-order valence-corrected chi connectivity index (χ2v) is 5.59. The van der Waals surface area contributed by atoms with E-state index in [1.54, 1.807) is 20.8 Å². The first-order valence-electron chi connectivity index (χ1n) is 6.62. The number of aromatic nitrogens is 2. The molecule has 0 aliphatic heterocycles. The number of hydrogen-bond donors (Lipinski definition) is 3. The van der Waals surface area contributed by atoms with E-state index < -0.39 is 23.6 Å². The van der Waals surface area contributed by atoms with Gasteiger partial charge in [-0.05, 0) is 20.8 Å². The molecule has 2 amide bonds. The number of carbonyl (C=O) groups is 3. The molecule has 0 atom stereocenters. The van der Waals surface area contributed by atoms with Crippen molar-refractivity contribution in [1.29, 1.82) is 0 Å². The van der Waals surface area contributed by atoms with Crippen LogP contribution in [0.5, 0.6) is 0 Å². The van der Waals surface area contributed by atoms with E-state index in [0.29, 0.717) is 0 Å². The summed E-state index contributed by atoms with van der Waals surface area (Å²) in [6, 6.07) is 0. The first-order valence-corrected chi connectivity index (χ1v) is 6.62. The first kappa shape index (κ1) is 17.5. The average molecular weight is 312 g/mol. The topological polar surface area (TPSA) is 123 Å². The number of hydrogen-bond acceptors (Lipinski definition) is 5. The Hall–Kier alpha value is -2.58. The van der Waals surface area contributed by atoms with E-state index >= 15 is 0 Å². The van der Waals surface area contributed by atoms with Crippen molar-refractivity contribution < 1.29 is 24.2 Å². The monoisotopic (exact) mass is 312 g/mol. The average Bonchev–Trinajstić information content (AvgIpc) is 2.67. The smallest absolute Gasteiger partial charge is 0.407 e. The van der Waals surface area contributed by atoms with Crippen molar-refractivity contribution >= 4 is 23.8 Å². The third-order valence-corrected chi connectivity index (χ3v) is 2.36. The molecular formula is C13H20N4O5. The van der Waals surface area contributed by atoms with E-state index in [-0.39, 0.29) is 24.6 Å². The summed E-state index contributed by atoms with van der Waals surface area (Å²) in [5.41, 5.74) is -0.604. The summed E-state index contributed by atoms with van der Waals surface area (Å²) in [4.78, 5) is 37.6. The number of carboxylic acids is 1. The zero-order valence-corrected chi connectivity index (χ0v) is 13.0. The molecule has 22 heavy (non-hydrogen) atoms. The Bertz CT molecular complexity index is 573. The van der Waals surface area contributed by atoms with E-state index in [9.17, 15) is 14.4 Å². The predicted octanol–water partition coefficient (Wildman–Crippen LogP) is 0.972. The summed E-state index contributed by atoms with van der Waals surface area (Å²) in [5.74, 6) is -1.62. The summed E-state index contributed by atoms with van der Waals surface area (Å²) in [5, 5.41) is 13.8. The Morgan fingerprint density at radius 3 is 2.50 bits per heavy atom. The van der Waals surface area contributed by atoms with Gasteiger partial charge in [-0.15, -0.1) is 0 Å². The predicted molar refractivity (Wildman–Crippen MR) is 77.7 cm³/mol. The van der Waals surface area contributed by atoms with Crippen LogP contribution >= 0.6 is 0 Å². The van der Waals surface area contributed by atoms with Crippen LogP contribution in [0.3, 0.4) is 0 Å². The van der Waals surface area contributed by atoms with Gasteiger partial charge in [-0.2, -0.15) is 0 Å². The number of imidazole rings is 1. The van der Waals surface area contributed by atoms with Gasteiger partial charge in [-0.1, -0.05) is 0 Å². The summed E-state index contributed by atoms with van der Waals surface area (Å²) < 4.78 is 6.31. The van der Waals surface area contributed by atoms with Crippen molar-refractivity contribution in [1.82, 2.24) is 14.9 Å². The Morgan fingerprint density at radius 2 is 2.00 bits per heavy atom. The van der Waals surface area contributed by atoms with Crippen molar-refractivity contribution in [2.75, 3.05) is 11.9 Å². The van der Waals surface area contributed by atoms with Gasteiger partial charge in [0.15, 0.2) is 5.82 Å². The molecule has 0 aromatic carbocycles. The molecule has 0 spiro atoms. The van der Waals surface area contributed by atoms with E-state index in [1.165, 1.54) is 17.8 Å². The largest absolute Gasteiger partial charge is 0.475 e. The Kier molecular flexibility index (Phi) is 5.50. The standard InChI is InChI=1S/C13H20N4O5/c1-13(2,3)22-12(21)14-6-5-9(18)15-8-7-17(4)10(16-8)11(19)20/h7H,5-6H2,1-4H3,(H,14,21)(H,15,18)(H,19,20). The second kappa shape index (κ2) is 6.92. The molecule has 9 heteroatoms. The van der Waals surface area contributed by atoms with Gasteiger partial charge in [0.25, 0.3) is 0 Å². The lowest BCUT2D eigenvalue weighted by molar-refractivity contribution is -0.116. The zero-order valence-electron chi connectivity index (χ0n) is 13.0. The quantitative estimate of drug-likeness (QED) is 0.744. The van der Waals surface area contributed by atoms with Gasteiger partial charge in [0, 0.05) is 26.2 Å². The van der Waals surface area contributed by atoms with E-state index in [4.69, 9.17) is 9.84 Å². The Balaban J connectivity index is 2.40. The molecule has 1 aromatic rings. The molecular weight excluding hydrogens is 292 g/mol. The van der Waals surface area contributed by atoms with Crippen LogP contribution in [-0.2, 0) is 16.6 Å². The Labute approximate surface area is 127 Å². The van der Waals surface area contributed by atoms with Crippen LogP contribution in [0.15, 0.2) is 6.20 Å². The molecule has 0 radical (unpaired) electrons. The van der Waals surface area contributed by atoms with E-state index in [1.807, 2.05) is 0 Å². The number of anilines is 1. The molecule has 0 bridgehead atoms. The molecule has 3 N–H and O–H groups in total. The van der Waals surface area contributed by atoms with Gasteiger partial charge in [0.1, 0.15) is 5.60 Å². The summed E-state index contributed by atoms with van der Waals surface area (Å²) in [6.07, 6.45) is 0.798.